The Bertz CT molecular complexity index is 140. The molecule has 1 atom stereocenters. The number of hydrogen-bond acceptors (Lipinski definition) is 3. The van der Waals surface area contributed by atoms with Gasteiger partial charge in [-0.1, -0.05) is 34.1 Å². The fourth-order valence-corrected chi connectivity index (χ4v) is 1.46. The van der Waals surface area contributed by atoms with Crippen LogP contribution >= 0.6 is 0 Å². The summed E-state index contributed by atoms with van der Waals surface area (Å²) in [4.78, 5) is 0. The van der Waals surface area contributed by atoms with Crippen molar-refractivity contribution in [3.8, 4) is 0 Å². The first-order valence-corrected chi connectivity index (χ1v) is 6.60. The molecule has 0 bridgehead atoms. The van der Waals surface area contributed by atoms with Crippen LogP contribution in [0.1, 0.15) is 40.5 Å². The Kier molecular flexibility index (Phi) is 11.3. The van der Waals surface area contributed by atoms with Crippen molar-refractivity contribution in [1.82, 2.24) is 5.32 Å². The van der Waals surface area contributed by atoms with Crippen LogP contribution in [0.2, 0.25) is 0 Å². The third-order valence-corrected chi connectivity index (χ3v) is 2.27. The fraction of sp³-hybridized carbons (Fsp3) is 1.00. The number of nitrogens with one attached hydrogen (secondary N) is 1. The summed E-state index contributed by atoms with van der Waals surface area (Å²) in [7, 11) is 0. The van der Waals surface area contributed by atoms with Crippen LogP contribution in [-0.2, 0) is 9.47 Å². The largest absolute Gasteiger partial charge is 0.379 e. The molecule has 98 valence electrons. The van der Waals surface area contributed by atoms with E-state index in [0.29, 0.717) is 25.2 Å². The zero-order valence-corrected chi connectivity index (χ0v) is 11.4. The summed E-state index contributed by atoms with van der Waals surface area (Å²) in [5, 5.41) is 3.33. The van der Waals surface area contributed by atoms with Gasteiger partial charge in [0.25, 0.3) is 0 Å². The molecule has 1 unspecified atom stereocenters. The first-order chi connectivity index (χ1) is 7.70. The second-order valence-electron chi connectivity index (χ2n) is 4.56. The molecular weight excluding hydrogens is 202 g/mol. The maximum atomic E-state index is 5.78. The van der Waals surface area contributed by atoms with E-state index in [-0.39, 0.29) is 0 Å². The van der Waals surface area contributed by atoms with Crippen LogP contribution in [0.15, 0.2) is 0 Å². The fourth-order valence-electron chi connectivity index (χ4n) is 1.46. The molecule has 1 N–H and O–H groups in total. The van der Waals surface area contributed by atoms with Crippen LogP contribution in [0.3, 0.4) is 0 Å². The third-order valence-electron chi connectivity index (χ3n) is 2.27. The highest BCUT2D eigenvalue weighted by Crippen LogP contribution is 2.01. The maximum absolute atomic E-state index is 5.78. The van der Waals surface area contributed by atoms with Gasteiger partial charge in [0.1, 0.15) is 0 Å². The van der Waals surface area contributed by atoms with Gasteiger partial charge >= 0.3 is 0 Å². The molecule has 3 heteroatoms. The average molecular weight is 231 g/mol. The molecule has 0 spiro atoms. The molecule has 0 saturated heterocycles. The predicted octanol–water partition coefficient (Wildman–Crippen LogP) is 2.45. The lowest BCUT2D eigenvalue weighted by Crippen LogP contribution is -2.30. The Hall–Kier alpha value is -0.120. The van der Waals surface area contributed by atoms with Crippen LogP contribution in [-0.4, -0.2) is 39.0 Å². The number of likely N-dealkylation sites (N-methyl/N-ethyl adjacent to an activating group) is 1. The third kappa shape index (κ3) is 10.4. The van der Waals surface area contributed by atoms with E-state index in [1.807, 2.05) is 0 Å². The van der Waals surface area contributed by atoms with E-state index in [9.17, 15) is 0 Å². The molecule has 0 aliphatic carbocycles. The van der Waals surface area contributed by atoms with E-state index in [2.05, 4.69) is 33.0 Å². The molecule has 0 saturated carbocycles. The Morgan fingerprint density at radius 1 is 1.12 bits per heavy atom. The predicted molar refractivity (Wildman–Crippen MR) is 68.8 cm³/mol. The lowest BCUT2D eigenvalue weighted by molar-refractivity contribution is -0.00330. The lowest BCUT2D eigenvalue weighted by Gasteiger charge is -2.17. The SMILES string of the molecule is CCCC(CNCC)OCCOCC(C)C. The zero-order valence-electron chi connectivity index (χ0n) is 11.4. The smallest absolute Gasteiger partial charge is 0.0704 e. The minimum atomic E-state index is 0.340. The normalized spacial score (nSPS) is 13.3. The molecule has 16 heavy (non-hydrogen) atoms. The van der Waals surface area contributed by atoms with Gasteiger partial charge < -0.3 is 14.8 Å². The number of rotatable bonds is 11. The highest BCUT2D eigenvalue weighted by Gasteiger charge is 2.06. The van der Waals surface area contributed by atoms with E-state index in [0.717, 1.165) is 26.1 Å². The highest BCUT2D eigenvalue weighted by molar-refractivity contribution is 4.60. The minimum absolute atomic E-state index is 0.340. The van der Waals surface area contributed by atoms with Gasteiger partial charge in [0.2, 0.25) is 0 Å². The Morgan fingerprint density at radius 2 is 1.88 bits per heavy atom. The van der Waals surface area contributed by atoms with Crippen molar-refractivity contribution in [1.29, 1.82) is 0 Å². The molecule has 0 aliphatic heterocycles. The molecule has 0 radical (unpaired) electrons. The molecule has 0 aromatic rings. The molecule has 0 heterocycles. The Balaban J connectivity index is 3.43. The summed E-state index contributed by atoms with van der Waals surface area (Å²) in [5.41, 5.74) is 0. The number of ether oxygens (including phenoxy) is 2. The first-order valence-electron chi connectivity index (χ1n) is 6.60. The van der Waals surface area contributed by atoms with Crippen LogP contribution in [0.25, 0.3) is 0 Å². The van der Waals surface area contributed by atoms with E-state index >= 15 is 0 Å². The van der Waals surface area contributed by atoms with Crippen LogP contribution in [0.5, 0.6) is 0 Å². The van der Waals surface area contributed by atoms with E-state index in [4.69, 9.17) is 9.47 Å². The van der Waals surface area contributed by atoms with Gasteiger partial charge in [0, 0.05) is 13.2 Å². The molecule has 0 rings (SSSR count). The summed E-state index contributed by atoms with van der Waals surface area (Å²) in [5.74, 6) is 0.605. The summed E-state index contributed by atoms with van der Waals surface area (Å²) in [6, 6.07) is 0. The summed E-state index contributed by atoms with van der Waals surface area (Å²) in [6.07, 6.45) is 2.63. The van der Waals surface area contributed by atoms with Crippen molar-refractivity contribution in [2.24, 2.45) is 5.92 Å². The van der Waals surface area contributed by atoms with Gasteiger partial charge in [-0.3, -0.25) is 0 Å². The van der Waals surface area contributed by atoms with Gasteiger partial charge in [-0.15, -0.1) is 0 Å². The van der Waals surface area contributed by atoms with Crippen molar-refractivity contribution in [3.05, 3.63) is 0 Å². The van der Waals surface area contributed by atoms with E-state index in [1.54, 1.807) is 0 Å². The van der Waals surface area contributed by atoms with Crippen LogP contribution < -0.4 is 5.32 Å². The van der Waals surface area contributed by atoms with Crippen LogP contribution in [0.4, 0.5) is 0 Å². The van der Waals surface area contributed by atoms with Crippen molar-refractivity contribution < 1.29 is 9.47 Å². The number of hydrogen-bond donors (Lipinski definition) is 1. The van der Waals surface area contributed by atoms with Gasteiger partial charge in [0.05, 0.1) is 19.3 Å². The van der Waals surface area contributed by atoms with Gasteiger partial charge in [-0.2, -0.15) is 0 Å². The molecule has 0 aliphatic rings. The lowest BCUT2D eigenvalue weighted by atomic mass is 10.2. The monoisotopic (exact) mass is 231 g/mol. The van der Waals surface area contributed by atoms with Crippen molar-refractivity contribution >= 4 is 0 Å². The van der Waals surface area contributed by atoms with Crippen molar-refractivity contribution in [2.45, 2.75) is 46.6 Å². The maximum Gasteiger partial charge on any atom is 0.0704 e. The molecule has 3 nitrogen and oxygen atoms in total. The molecule has 0 aromatic heterocycles. The second kappa shape index (κ2) is 11.4. The Labute approximate surface area is 101 Å². The molecule has 0 aromatic carbocycles. The van der Waals surface area contributed by atoms with Gasteiger partial charge in [0.15, 0.2) is 0 Å². The van der Waals surface area contributed by atoms with Crippen molar-refractivity contribution in [3.63, 3.8) is 0 Å². The van der Waals surface area contributed by atoms with Crippen LogP contribution in [0, 0.1) is 5.92 Å². The first kappa shape index (κ1) is 15.9. The van der Waals surface area contributed by atoms with E-state index in [1.165, 1.54) is 6.42 Å². The average Bonchev–Trinajstić information content (AvgIpc) is 2.24. The van der Waals surface area contributed by atoms with Crippen molar-refractivity contribution in [2.75, 3.05) is 32.9 Å². The van der Waals surface area contributed by atoms with Gasteiger partial charge in [-0.05, 0) is 18.9 Å². The molecule has 0 amide bonds. The second-order valence-corrected chi connectivity index (χ2v) is 4.56. The molecule has 0 fully saturated rings. The highest BCUT2D eigenvalue weighted by atomic mass is 16.5. The standard InChI is InChI=1S/C13H29NO2/c1-5-7-13(10-14-6-2)16-9-8-15-11-12(3)4/h12-14H,5-11H2,1-4H3. The summed E-state index contributed by atoms with van der Waals surface area (Å²) >= 11 is 0. The Morgan fingerprint density at radius 3 is 2.44 bits per heavy atom. The minimum Gasteiger partial charge on any atom is -0.379 e. The van der Waals surface area contributed by atoms with Gasteiger partial charge in [-0.25, -0.2) is 0 Å². The topological polar surface area (TPSA) is 30.5 Å². The van der Waals surface area contributed by atoms with E-state index < -0.39 is 0 Å². The quantitative estimate of drug-likeness (QED) is 0.554. The zero-order chi connectivity index (χ0) is 12.2. The summed E-state index contributed by atoms with van der Waals surface area (Å²) in [6.45, 7) is 12.8. The summed E-state index contributed by atoms with van der Waals surface area (Å²) < 4.78 is 11.3. The molecular formula is C13H29NO2.